The zero-order valence-corrected chi connectivity index (χ0v) is 11.3. The van der Waals surface area contributed by atoms with Crippen LogP contribution in [0.1, 0.15) is 39.5 Å². The van der Waals surface area contributed by atoms with Crippen LogP contribution in [0.15, 0.2) is 0 Å². The number of halogens is 3. The lowest BCUT2D eigenvalue weighted by atomic mass is 9.78. The fourth-order valence-corrected chi connectivity index (χ4v) is 2.55. The summed E-state index contributed by atoms with van der Waals surface area (Å²) >= 11 is 0. The molecule has 1 aliphatic carbocycles. The normalized spacial score (nSPS) is 26.3. The number of rotatable bonds is 4. The van der Waals surface area contributed by atoms with Gasteiger partial charge in [-0.2, -0.15) is 13.2 Å². The van der Waals surface area contributed by atoms with Gasteiger partial charge in [0.15, 0.2) is 0 Å². The van der Waals surface area contributed by atoms with E-state index in [1.807, 2.05) is 13.8 Å². The van der Waals surface area contributed by atoms with Crippen molar-refractivity contribution in [3.8, 4) is 0 Å². The van der Waals surface area contributed by atoms with Crippen LogP contribution in [0, 0.1) is 17.8 Å². The van der Waals surface area contributed by atoms with Gasteiger partial charge in [0.05, 0.1) is 18.6 Å². The monoisotopic (exact) mass is 281 g/mol. The highest BCUT2D eigenvalue weighted by atomic mass is 19.4. The standard InChI is InChI=1S/C13H22F3NO2/c1-8(2)11(7-18)17-12(19)9-5-3-4-6-10(9)13(14,15)16/h8-11,18H,3-7H2,1-2H3,(H,17,19)/t9?,10?,11-/m1/s1. The zero-order valence-electron chi connectivity index (χ0n) is 11.3. The molecule has 1 rings (SSSR count). The molecule has 1 amide bonds. The van der Waals surface area contributed by atoms with Crippen molar-refractivity contribution < 1.29 is 23.1 Å². The smallest absolute Gasteiger partial charge is 0.392 e. The van der Waals surface area contributed by atoms with Gasteiger partial charge in [-0.1, -0.05) is 26.7 Å². The van der Waals surface area contributed by atoms with Crippen molar-refractivity contribution in [3.63, 3.8) is 0 Å². The first kappa shape index (κ1) is 16.3. The third kappa shape index (κ3) is 4.37. The van der Waals surface area contributed by atoms with Gasteiger partial charge in [-0.3, -0.25) is 4.79 Å². The van der Waals surface area contributed by atoms with Gasteiger partial charge in [0.1, 0.15) is 0 Å². The van der Waals surface area contributed by atoms with E-state index in [2.05, 4.69) is 5.32 Å². The molecule has 2 unspecified atom stereocenters. The van der Waals surface area contributed by atoms with Crippen molar-refractivity contribution in [2.45, 2.75) is 51.7 Å². The summed E-state index contributed by atoms with van der Waals surface area (Å²) in [4.78, 5) is 12.0. The van der Waals surface area contributed by atoms with Gasteiger partial charge >= 0.3 is 6.18 Å². The van der Waals surface area contributed by atoms with E-state index in [1.165, 1.54) is 0 Å². The molecular weight excluding hydrogens is 259 g/mol. The Bertz CT molecular complexity index is 305. The van der Waals surface area contributed by atoms with Gasteiger partial charge < -0.3 is 10.4 Å². The molecule has 0 aromatic heterocycles. The van der Waals surface area contributed by atoms with Crippen molar-refractivity contribution in [1.82, 2.24) is 5.32 Å². The fraction of sp³-hybridized carbons (Fsp3) is 0.923. The topological polar surface area (TPSA) is 49.3 Å². The van der Waals surface area contributed by atoms with Crippen LogP contribution in [-0.4, -0.2) is 29.8 Å². The molecule has 0 aromatic rings. The first-order chi connectivity index (χ1) is 8.77. The molecule has 3 nitrogen and oxygen atoms in total. The second kappa shape index (κ2) is 6.59. The average molecular weight is 281 g/mol. The van der Waals surface area contributed by atoms with Crippen LogP contribution in [0.5, 0.6) is 0 Å². The predicted molar refractivity (Wildman–Crippen MR) is 65.4 cm³/mol. The molecule has 3 atom stereocenters. The second-order valence-corrected chi connectivity index (χ2v) is 5.58. The molecule has 0 aliphatic heterocycles. The van der Waals surface area contributed by atoms with E-state index in [0.717, 1.165) is 0 Å². The van der Waals surface area contributed by atoms with Gasteiger partial charge in [0.2, 0.25) is 5.91 Å². The maximum absolute atomic E-state index is 12.9. The maximum atomic E-state index is 12.9. The maximum Gasteiger partial charge on any atom is 0.392 e. The third-order valence-corrected chi connectivity index (χ3v) is 3.85. The lowest BCUT2D eigenvalue weighted by molar-refractivity contribution is -0.198. The fourth-order valence-electron chi connectivity index (χ4n) is 2.55. The number of carbonyl (C=O) groups is 1. The summed E-state index contributed by atoms with van der Waals surface area (Å²) in [7, 11) is 0. The largest absolute Gasteiger partial charge is 0.394 e. The van der Waals surface area contributed by atoms with Crippen molar-refractivity contribution in [2.75, 3.05) is 6.61 Å². The van der Waals surface area contributed by atoms with E-state index >= 15 is 0 Å². The molecule has 0 radical (unpaired) electrons. The summed E-state index contributed by atoms with van der Waals surface area (Å²) in [5.41, 5.74) is 0. The van der Waals surface area contributed by atoms with E-state index < -0.39 is 30.0 Å². The molecule has 1 aliphatic rings. The summed E-state index contributed by atoms with van der Waals surface area (Å²) in [5, 5.41) is 11.7. The Balaban J connectivity index is 2.72. The number of amides is 1. The molecular formula is C13H22F3NO2. The molecule has 0 aromatic carbocycles. The Labute approximate surface area is 111 Å². The Kier molecular flexibility index (Phi) is 5.64. The molecule has 0 bridgehead atoms. The molecule has 112 valence electrons. The van der Waals surface area contributed by atoms with Crippen LogP contribution in [-0.2, 0) is 4.79 Å². The summed E-state index contributed by atoms with van der Waals surface area (Å²) in [6.07, 6.45) is -2.87. The number of aliphatic hydroxyl groups is 1. The predicted octanol–water partition coefficient (Wildman–Crippen LogP) is 2.49. The van der Waals surface area contributed by atoms with Crippen molar-refractivity contribution in [2.24, 2.45) is 17.8 Å². The van der Waals surface area contributed by atoms with Crippen LogP contribution in [0.3, 0.4) is 0 Å². The third-order valence-electron chi connectivity index (χ3n) is 3.85. The Hall–Kier alpha value is -0.780. The van der Waals surface area contributed by atoms with Crippen LogP contribution >= 0.6 is 0 Å². The summed E-state index contributed by atoms with van der Waals surface area (Å²) in [6, 6.07) is -0.483. The highest BCUT2D eigenvalue weighted by Gasteiger charge is 2.48. The van der Waals surface area contributed by atoms with Gasteiger partial charge in [-0.25, -0.2) is 0 Å². The lowest BCUT2D eigenvalue weighted by Gasteiger charge is -2.33. The quantitative estimate of drug-likeness (QED) is 0.831. The van der Waals surface area contributed by atoms with Crippen LogP contribution < -0.4 is 5.32 Å². The van der Waals surface area contributed by atoms with E-state index in [-0.39, 0.29) is 25.4 Å². The van der Waals surface area contributed by atoms with Crippen molar-refractivity contribution in [3.05, 3.63) is 0 Å². The number of hydrogen-bond acceptors (Lipinski definition) is 2. The number of hydrogen-bond donors (Lipinski definition) is 2. The van der Waals surface area contributed by atoms with Gasteiger partial charge in [-0.05, 0) is 18.8 Å². The van der Waals surface area contributed by atoms with E-state index in [4.69, 9.17) is 5.11 Å². The Morgan fingerprint density at radius 3 is 2.37 bits per heavy atom. The molecule has 0 saturated heterocycles. The number of nitrogens with one attached hydrogen (secondary N) is 1. The van der Waals surface area contributed by atoms with Gasteiger partial charge in [0.25, 0.3) is 0 Å². The van der Waals surface area contributed by atoms with E-state index in [9.17, 15) is 18.0 Å². The van der Waals surface area contributed by atoms with Crippen molar-refractivity contribution in [1.29, 1.82) is 0 Å². The summed E-state index contributed by atoms with van der Waals surface area (Å²) in [5.74, 6) is -3.15. The zero-order chi connectivity index (χ0) is 14.6. The SMILES string of the molecule is CC(C)[C@@H](CO)NC(=O)C1CCCCC1C(F)(F)F. The molecule has 1 saturated carbocycles. The highest BCUT2D eigenvalue weighted by Crippen LogP contribution is 2.41. The molecule has 6 heteroatoms. The van der Waals surface area contributed by atoms with Crippen molar-refractivity contribution >= 4 is 5.91 Å². The molecule has 0 heterocycles. The van der Waals surface area contributed by atoms with Gasteiger partial charge in [0, 0.05) is 5.92 Å². The number of alkyl halides is 3. The molecule has 0 spiro atoms. The van der Waals surface area contributed by atoms with Crippen LogP contribution in [0.25, 0.3) is 0 Å². The highest BCUT2D eigenvalue weighted by molar-refractivity contribution is 5.79. The number of aliphatic hydroxyl groups excluding tert-OH is 1. The molecule has 2 N–H and O–H groups in total. The number of carbonyl (C=O) groups excluding carboxylic acids is 1. The minimum atomic E-state index is -4.32. The molecule has 1 fully saturated rings. The first-order valence-corrected chi connectivity index (χ1v) is 6.75. The minimum absolute atomic E-state index is 0.0122. The van der Waals surface area contributed by atoms with Crippen LogP contribution in [0.2, 0.25) is 0 Å². The van der Waals surface area contributed by atoms with Gasteiger partial charge in [-0.15, -0.1) is 0 Å². The summed E-state index contributed by atoms with van der Waals surface area (Å²) < 4.78 is 38.7. The van der Waals surface area contributed by atoms with E-state index in [0.29, 0.717) is 12.8 Å². The van der Waals surface area contributed by atoms with E-state index in [1.54, 1.807) is 0 Å². The average Bonchev–Trinajstić information content (AvgIpc) is 2.34. The first-order valence-electron chi connectivity index (χ1n) is 6.75. The molecule has 19 heavy (non-hydrogen) atoms. The van der Waals surface area contributed by atoms with Crippen LogP contribution in [0.4, 0.5) is 13.2 Å². The Morgan fingerprint density at radius 2 is 1.89 bits per heavy atom. The Morgan fingerprint density at radius 1 is 1.32 bits per heavy atom. The second-order valence-electron chi connectivity index (χ2n) is 5.58. The minimum Gasteiger partial charge on any atom is -0.394 e. The lowest BCUT2D eigenvalue weighted by Crippen LogP contribution is -2.48. The summed E-state index contributed by atoms with van der Waals surface area (Å²) in [6.45, 7) is 3.36.